The Morgan fingerprint density at radius 1 is 1.40 bits per heavy atom. The number of hydrogen-bond donors (Lipinski definition) is 0. The standard InChI is InChI=1S/C11H12ClN3/c1-2-6-15-8-9(7-13-15)10-4-3-5-11(12)14-10/h3-5,7-8H,2,6H2,1H3. The predicted octanol–water partition coefficient (Wildman–Crippen LogP) is 3.01. The van der Waals surface area contributed by atoms with Crippen molar-refractivity contribution >= 4 is 11.6 Å². The maximum atomic E-state index is 5.82. The van der Waals surface area contributed by atoms with Crippen LogP contribution in [0.3, 0.4) is 0 Å². The predicted molar refractivity (Wildman–Crippen MR) is 60.8 cm³/mol. The lowest BCUT2D eigenvalue weighted by Gasteiger charge is -1.97. The first kappa shape index (κ1) is 10.2. The van der Waals surface area contributed by atoms with Gasteiger partial charge in [-0.2, -0.15) is 5.10 Å². The van der Waals surface area contributed by atoms with Crippen LogP contribution in [0.5, 0.6) is 0 Å². The first-order valence-corrected chi connectivity index (χ1v) is 5.33. The van der Waals surface area contributed by atoms with Crippen LogP contribution in [-0.4, -0.2) is 14.8 Å². The number of rotatable bonds is 3. The van der Waals surface area contributed by atoms with Crippen molar-refractivity contribution in [2.45, 2.75) is 19.9 Å². The molecular weight excluding hydrogens is 210 g/mol. The molecule has 0 amide bonds. The summed E-state index contributed by atoms with van der Waals surface area (Å²) in [5, 5.41) is 4.76. The molecule has 0 aliphatic carbocycles. The molecule has 15 heavy (non-hydrogen) atoms. The molecule has 0 saturated heterocycles. The second kappa shape index (κ2) is 4.45. The fourth-order valence-electron chi connectivity index (χ4n) is 1.42. The molecule has 0 spiro atoms. The van der Waals surface area contributed by atoms with E-state index in [1.54, 1.807) is 6.07 Å². The maximum Gasteiger partial charge on any atom is 0.129 e. The first-order valence-electron chi connectivity index (χ1n) is 4.95. The minimum atomic E-state index is 0.510. The van der Waals surface area contributed by atoms with Crippen LogP contribution in [0, 0.1) is 0 Å². The lowest BCUT2D eigenvalue weighted by Crippen LogP contribution is -1.95. The summed E-state index contributed by atoms with van der Waals surface area (Å²) in [6, 6.07) is 5.59. The van der Waals surface area contributed by atoms with Gasteiger partial charge in [-0.1, -0.05) is 24.6 Å². The van der Waals surface area contributed by atoms with E-state index >= 15 is 0 Å². The molecule has 0 aromatic carbocycles. The number of halogens is 1. The summed E-state index contributed by atoms with van der Waals surface area (Å²) in [6.07, 6.45) is 4.88. The van der Waals surface area contributed by atoms with Crippen LogP contribution in [0.1, 0.15) is 13.3 Å². The molecule has 0 aliphatic rings. The van der Waals surface area contributed by atoms with Crippen LogP contribution in [0.4, 0.5) is 0 Å². The van der Waals surface area contributed by atoms with E-state index in [4.69, 9.17) is 11.6 Å². The van der Waals surface area contributed by atoms with Crippen molar-refractivity contribution in [1.82, 2.24) is 14.8 Å². The third kappa shape index (κ3) is 2.36. The van der Waals surface area contributed by atoms with Crippen molar-refractivity contribution < 1.29 is 0 Å². The molecule has 0 N–H and O–H groups in total. The average Bonchev–Trinajstić information content (AvgIpc) is 2.67. The zero-order chi connectivity index (χ0) is 10.7. The molecule has 0 bridgehead atoms. The van der Waals surface area contributed by atoms with Gasteiger partial charge in [-0.15, -0.1) is 0 Å². The zero-order valence-electron chi connectivity index (χ0n) is 8.52. The highest BCUT2D eigenvalue weighted by Crippen LogP contribution is 2.17. The molecule has 0 unspecified atom stereocenters. The smallest absolute Gasteiger partial charge is 0.129 e. The van der Waals surface area contributed by atoms with Crippen LogP contribution < -0.4 is 0 Å². The zero-order valence-corrected chi connectivity index (χ0v) is 9.28. The molecular formula is C11H12ClN3. The van der Waals surface area contributed by atoms with Crippen molar-refractivity contribution in [2.24, 2.45) is 0 Å². The molecule has 0 aliphatic heterocycles. The molecule has 2 aromatic heterocycles. The van der Waals surface area contributed by atoms with Crippen LogP contribution >= 0.6 is 11.6 Å². The van der Waals surface area contributed by atoms with Gasteiger partial charge in [0.15, 0.2) is 0 Å². The summed E-state index contributed by atoms with van der Waals surface area (Å²) in [5.74, 6) is 0. The minimum absolute atomic E-state index is 0.510. The van der Waals surface area contributed by atoms with Crippen LogP contribution in [0.2, 0.25) is 5.15 Å². The topological polar surface area (TPSA) is 30.7 Å². The number of hydrogen-bond acceptors (Lipinski definition) is 2. The van der Waals surface area contributed by atoms with E-state index in [-0.39, 0.29) is 0 Å². The second-order valence-corrected chi connectivity index (χ2v) is 3.72. The highest BCUT2D eigenvalue weighted by atomic mass is 35.5. The van der Waals surface area contributed by atoms with Crippen molar-refractivity contribution in [2.75, 3.05) is 0 Å². The molecule has 4 heteroatoms. The van der Waals surface area contributed by atoms with Gasteiger partial charge >= 0.3 is 0 Å². The van der Waals surface area contributed by atoms with E-state index in [1.807, 2.05) is 29.2 Å². The SMILES string of the molecule is CCCn1cc(-c2cccc(Cl)n2)cn1. The highest BCUT2D eigenvalue weighted by molar-refractivity contribution is 6.29. The Morgan fingerprint density at radius 3 is 3.00 bits per heavy atom. The Morgan fingerprint density at radius 2 is 2.27 bits per heavy atom. The quantitative estimate of drug-likeness (QED) is 0.746. The van der Waals surface area contributed by atoms with Crippen molar-refractivity contribution in [3.8, 4) is 11.3 Å². The van der Waals surface area contributed by atoms with Crippen molar-refractivity contribution in [1.29, 1.82) is 0 Å². The molecule has 2 aromatic rings. The molecule has 3 nitrogen and oxygen atoms in total. The lowest BCUT2D eigenvalue weighted by molar-refractivity contribution is 0.603. The summed E-state index contributed by atoms with van der Waals surface area (Å²) in [6.45, 7) is 3.06. The van der Waals surface area contributed by atoms with E-state index in [0.29, 0.717) is 5.15 Å². The Balaban J connectivity index is 2.29. The van der Waals surface area contributed by atoms with Gasteiger partial charge in [0, 0.05) is 18.3 Å². The van der Waals surface area contributed by atoms with Crippen LogP contribution in [-0.2, 0) is 6.54 Å². The van der Waals surface area contributed by atoms with Gasteiger partial charge in [-0.3, -0.25) is 4.68 Å². The van der Waals surface area contributed by atoms with Gasteiger partial charge in [0.05, 0.1) is 11.9 Å². The Bertz CT molecular complexity index is 451. The summed E-state index contributed by atoms with van der Waals surface area (Å²) in [4.78, 5) is 4.23. The van der Waals surface area contributed by atoms with Gasteiger partial charge < -0.3 is 0 Å². The number of aryl methyl sites for hydroxylation is 1. The Hall–Kier alpha value is -1.35. The van der Waals surface area contributed by atoms with Gasteiger partial charge in [-0.05, 0) is 18.6 Å². The van der Waals surface area contributed by atoms with E-state index in [9.17, 15) is 0 Å². The second-order valence-electron chi connectivity index (χ2n) is 3.34. The normalized spacial score (nSPS) is 10.5. The third-order valence-corrected chi connectivity index (χ3v) is 2.31. The number of nitrogens with zero attached hydrogens (tertiary/aromatic N) is 3. The molecule has 0 fully saturated rings. The van der Waals surface area contributed by atoms with Gasteiger partial charge in [-0.25, -0.2) is 4.98 Å². The molecule has 2 heterocycles. The van der Waals surface area contributed by atoms with E-state index in [1.165, 1.54) is 0 Å². The highest BCUT2D eigenvalue weighted by Gasteiger charge is 2.02. The Kier molecular flexibility index (Phi) is 3.02. The van der Waals surface area contributed by atoms with E-state index < -0.39 is 0 Å². The summed E-state index contributed by atoms with van der Waals surface area (Å²) < 4.78 is 1.91. The third-order valence-electron chi connectivity index (χ3n) is 2.10. The molecule has 0 atom stereocenters. The molecule has 2 rings (SSSR count). The van der Waals surface area contributed by atoms with E-state index in [0.717, 1.165) is 24.2 Å². The van der Waals surface area contributed by atoms with Crippen molar-refractivity contribution in [3.05, 3.63) is 35.7 Å². The van der Waals surface area contributed by atoms with Crippen LogP contribution in [0.25, 0.3) is 11.3 Å². The van der Waals surface area contributed by atoms with Gasteiger partial charge in [0.25, 0.3) is 0 Å². The van der Waals surface area contributed by atoms with Crippen LogP contribution in [0.15, 0.2) is 30.6 Å². The minimum Gasteiger partial charge on any atom is -0.272 e. The number of aromatic nitrogens is 3. The average molecular weight is 222 g/mol. The van der Waals surface area contributed by atoms with Crippen molar-refractivity contribution in [3.63, 3.8) is 0 Å². The Labute approximate surface area is 93.7 Å². The molecule has 0 radical (unpaired) electrons. The summed E-state index contributed by atoms with van der Waals surface area (Å²) >= 11 is 5.82. The lowest BCUT2D eigenvalue weighted by atomic mass is 10.2. The monoisotopic (exact) mass is 221 g/mol. The summed E-state index contributed by atoms with van der Waals surface area (Å²) in [7, 11) is 0. The number of pyridine rings is 1. The molecule has 78 valence electrons. The fraction of sp³-hybridized carbons (Fsp3) is 0.273. The maximum absolute atomic E-state index is 5.82. The van der Waals surface area contributed by atoms with Gasteiger partial charge in [0.2, 0.25) is 0 Å². The largest absolute Gasteiger partial charge is 0.272 e. The summed E-state index contributed by atoms with van der Waals surface area (Å²) in [5.41, 5.74) is 1.87. The molecule has 0 saturated carbocycles. The van der Waals surface area contributed by atoms with E-state index in [2.05, 4.69) is 17.0 Å². The first-order chi connectivity index (χ1) is 7.29. The van der Waals surface area contributed by atoms with Gasteiger partial charge in [0.1, 0.15) is 5.15 Å². The fourth-order valence-corrected chi connectivity index (χ4v) is 1.58.